The molecule has 2 aromatic rings. The lowest BCUT2D eigenvalue weighted by Crippen LogP contribution is -2.34. The molecule has 0 saturated carbocycles. The minimum absolute atomic E-state index is 0.147. The van der Waals surface area contributed by atoms with E-state index in [1.807, 2.05) is 6.07 Å². The van der Waals surface area contributed by atoms with Crippen LogP contribution in [-0.2, 0) is 10.8 Å². The summed E-state index contributed by atoms with van der Waals surface area (Å²) in [6, 6.07) is 9.92. The summed E-state index contributed by atoms with van der Waals surface area (Å²) in [5.41, 5.74) is 7.83. The molecule has 2 aromatic carbocycles. The Hall–Kier alpha value is -1.62. The van der Waals surface area contributed by atoms with Crippen LogP contribution in [0.3, 0.4) is 0 Å². The predicted octanol–water partition coefficient (Wildman–Crippen LogP) is 6.71. The Bertz CT molecular complexity index is 951. The fourth-order valence-corrected chi connectivity index (χ4v) is 4.93. The Labute approximate surface area is 175 Å². The molecular formula is C24H27IO2. The molecule has 0 atom stereocenters. The van der Waals surface area contributed by atoms with Crippen LogP contribution in [-0.4, -0.2) is 11.1 Å². The van der Waals surface area contributed by atoms with Gasteiger partial charge in [0.05, 0.1) is 5.56 Å². The molecule has 0 heterocycles. The highest BCUT2D eigenvalue weighted by Crippen LogP contribution is 2.47. The minimum atomic E-state index is -0.904. The van der Waals surface area contributed by atoms with Crippen molar-refractivity contribution in [2.24, 2.45) is 0 Å². The Kier molecular flexibility index (Phi) is 5.04. The van der Waals surface area contributed by atoms with E-state index in [1.54, 1.807) is 12.1 Å². The quantitative estimate of drug-likeness (QED) is 0.503. The third-order valence-corrected chi connectivity index (χ3v) is 6.96. The number of halogens is 1. The molecule has 1 aliphatic rings. The Morgan fingerprint density at radius 2 is 1.56 bits per heavy atom. The van der Waals surface area contributed by atoms with Crippen LogP contribution in [0.15, 0.2) is 36.9 Å². The van der Waals surface area contributed by atoms with Gasteiger partial charge in [0, 0.05) is 3.57 Å². The third-order valence-electron chi connectivity index (χ3n) is 6.06. The van der Waals surface area contributed by atoms with Crippen molar-refractivity contribution in [3.63, 3.8) is 0 Å². The summed E-state index contributed by atoms with van der Waals surface area (Å²) >= 11 is 2.20. The minimum Gasteiger partial charge on any atom is -0.478 e. The molecule has 0 amide bonds. The molecule has 0 unspecified atom stereocenters. The first kappa shape index (κ1) is 20.1. The maximum atomic E-state index is 11.2. The van der Waals surface area contributed by atoms with Crippen molar-refractivity contribution >= 4 is 34.1 Å². The summed E-state index contributed by atoms with van der Waals surface area (Å²) in [5.74, 6) is -0.904. The summed E-state index contributed by atoms with van der Waals surface area (Å²) in [7, 11) is 0. The average Bonchev–Trinajstić information content (AvgIpc) is 2.58. The monoisotopic (exact) mass is 474 g/mol. The highest BCUT2D eigenvalue weighted by atomic mass is 127. The molecule has 27 heavy (non-hydrogen) atoms. The molecular weight excluding hydrogens is 447 g/mol. The zero-order valence-corrected chi connectivity index (χ0v) is 18.9. The number of hydrogen-bond acceptors (Lipinski definition) is 1. The Morgan fingerprint density at radius 1 is 1.00 bits per heavy atom. The molecule has 2 nitrogen and oxygen atoms in total. The fourth-order valence-electron chi connectivity index (χ4n) is 4.09. The van der Waals surface area contributed by atoms with Crippen molar-refractivity contribution in [3.8, 4) is 0 Å². The first-order chi connectivity index (χ1) is 12.4. The highest BCUT2D eigenvalue weighted by Gasteiger charge is 2.37. The van der Waals surface area contributed by atoms with Crippen molar-refractivity contribution in [2.75, 3.05) is 0 Å². The molecule has 0 spiro atoms. The van der Waals surface area contributed by atoms with Gasteiger partial charge in [0.2, 0.25) is 0 Å². The fraction of sp³-hybridized carbons (Fsp3) is 0.375. The molecule has 0 fully saturated rings. The zero-order valence-electron chi connectivity index (χ0n) is 16.7. The second-order valence-corrected chi connectivity index (χ2v) is 10.1. The number of rotatable bonds is 3. The number of hydrogen-bond donors (Lipinski definition) is 1. The van der Waals surface area contributed by atoms with Gasteiger partial charge in [-0.25, -0.2) is 4.79 Å². The average molecular weight is 474 g/mol. The molecule has 0 aromatic heterocycles. The molecule has 3 heteroatoms. The Morgan fingerprint density at radius 3 is 2.07 bits per heavy atom. The second kappa shape index (κ2) is 6.77. The highest BCUT2D eigenvalue weighted by molar-refractivity contribution is 14.1. The normalized spacial score (nSPS) is 17.3. The van der Waals surface area contributed by atoms with Crippen LogP contribution >= 0.6 is 22.6 Å². The van der Waals surface area contributed by atoms with Gasteiger partial charge in [-0.05, 0) is 98.7 Å². The number of benzene rings is 2. The number of carbonyl (C=O) groups is 1. The van der Waals surface area contributed by atoms with Crippen molar-refractivity contribution < 1.29 is 9.90 Å². The number of fused-ring (bicyclic) bond motifs is 1. The summed E-state index contributed by atoms with van der Waals surface area (Å²) < 4.78 is 0.911. The summed E-state index contributed by atoms with van der Waals surface area (Å²) in [4.78, 5) is 11.2. The van der Waals surface area contributed by atoms with Crippen LogP contribution in [0.25, 0.3) is 5.57 Å². The number of aromatic carboxylic acids is 1. The van der Waals surface area contributed by atoms with Gasteiger partial charge in [0.1, 0.15) is 0 Å². The van der Waals surface area contributed by atoms with E-state index in [0.717, 1.165) is 20.3 Å². The molecule has 1 N–H and O–H groups in total. The SMILES string of the molecule is C=C(c1cc2c(cc1C)C(C)(C)CCC2(C)C)c1ccc(C(=O)O)cc1I. The molecule has 0 bridgehead atoms. The molecule has 142 valence electrons. The van der Waals surface area contributed by atoms with Gasteiger partial charge in [-0.15, -0.1) is 0 Å². The van der Waals surface area contributed by atoms with Crippen molar-refractivity contribution in [1.82, 2.24) is 0 Å². The van der Waals surface area contributed by atoms with Gasteiger partial charge in [0.25, 0.3) is 0 Å². The lowest BCUT2D eigenvalue weighted by Gasteiger charge is -2.42. The van der Waals surface area contributed by atoms with E-state index in [0.29, 0.717) is 5.56 Å². The first-order valence-corrected chi connectivity index (χ1v) is 10.4. The van der Waals surface area contributed by atoms with Crippen molar-refractivity contribution in [3.05, 3.63) is 73.9 Å². The van der Waals surface area contributed by atoms with E-state index in [1.165, 1.54) is 29.5 Å². The molecule has 3 rings (SSSR count). The first-order valence-electron chi connectivity index (χ1n) is 9.32. The van der Waals surface area contributed by atoms with Gasteiger partial charge >= 0.3 is 5.97 Å². The largest absolute Gasteiger partial charge is 0.478 e. The summed E-state index contributed by atoms with van der Waals surface area (Å²) in [5, 5.41) is 9.21. The smallest absolute Gasteiger partial charge is 0.335 e. The van der Waals surface area contributed by atoms with E-state index in [-0.39, 0.29) is 10.8 Å². The zero-order chi connectivity index (χ0) is 20.1. The van der Waals surface area contributed by atoms with E-state index in [9.17, 15) is 9.90 Å². The maximum Gasteiger partial charge on any atom is 0.335 e. The van der Waals surface area contributed by atoms with Crippen LogP contribution in [0.5, 0.6) is 0 Å². The van der Waals surface area contributed by atoms with Gasteiger partial charge in [-0.1, -0.05) is 52.5 Å². The maximum absolute atomic E-state index is 11.2. The van der Waals surface area contributed by atoms with Crippen LogP contribution in [0.1, 0.15) is 78.7 Å². The van der Waals surface area contributed by atoms with E-state index in [4.69, 9.17) is 0 Å². The van der Waals surface area contributed by atoms with Gasteiger partial charge in [-0.2, -0.15) is 0 Å². The standard InChI is InChI=1S/C24H27IO2/c1-14-11-19-20(24(5,6)10-9-23(19,3)4)13-18(14)15(2)17-8-7-16(22(26)27)12-21(17)25/h7-8,11-13H,2,9-10H2,1,3-6H3,(H,26,27). The molecule has 0 radical (unpaired) electrons. The van der Waals surface area contributed by atoms with Gasteiger partial charge in [-0.3, -0.25) is 0 Å². The van der Waals surface area contributed by atoms with Crippen molar-refractivity contribution in [1.29, 1.82) is 0 Å². The van der Waals surface area contributed by atoms with Crippen LogP contribution < -0.4 is 0 Å². The third kappa shape index (κ3) is 3.58. The van der Waals surface area contributed by atoms with Crippen LogP contribution in [0, 0.1) is 10.5 Å². The molecule has 0 aliphatic heterocycles. The van der Waals surface area contributed by atoms with Gasteiger partial charge < -0.3 is 5.11 Å². The summed E-state index contributed by atoms with van der Waals surface area (Å²) in [6.07, 6.45) is 2.37. The Balaban J connectivity index is 2.13. The van der Waals surface area contributed by atoms with Crippen LogP contribution in [0.2, 0.25) is 0 Å². The number of aryl methyl sites for hydroxylation is 1. The second-order valence-electron chi connectivity index (χ2n) is 8.96. The van der Waals surface area contributed by atoms with Crippen LogP contribution in [0.4, 0.5) is 0 Å². The number of carboxylic acids is 1. The van der Waals surface area contributed by atoms with E-state index in [2.05, 4.69) is 75.9 Å². The van der Waals surface area contributed by atoms with Gasteiger partial charge in [0.15, 0.2) is 0 Å². The lowest BCUT2D eigenvalue weighted by atomic mass is 9.62. The molecule has 0 saturated heterocycles. The topological polar surface area (TPSA) is 37.3 Å². The number of carboxylic acid groups (broad SMARTS) is 1. The van der Waals surface area contributed by atoms with E-state index < -0.39 is 5.97 Å². The lowest BCUT2D eigenvalue weighted by molar-refractivity contribution is 0.0697. The van der Waals surface area contributed by atoms with E-state index >= 15 is 0 Å². The van der Waals surface area contributed by atoms with Crippen molar-refractivity contribution in [2.45, 2.75) is 58.3 Å². The molecule has 1 aliphatic carbocycles. The summed E-state index contributed by atoms with van der Waals surface area (Å²) in [6.45, 7) is 15.8. The predicted molar refractivity (Wildman–Crippen MR) is 121 cm³/mol.